The molecule has 1 aliphatic rings. The van der Waals surface area contributed by atoms with Crippen molar-refractivity contribution in [3.63, 3.8) is 0 Å². The summed E-state index contributed by atoms with van der Waals surface area (Å²) in [5, 5.41) is 11.4. The number of thioether (sulfide) groups is 1. The summed E-state index contributed by atoms with van der Waals surface area (Å²) in [6, 6.07) is 4.86. The van der Waals surface area contributed by atoms with Gasteiger partial charge in [-0.05, 0) is 49.4 Å². The SMILES string of the molecule is CCN=C1S/C(=C/c2ccc(OCC(=O)[O-])c(Cl)c2)C(=O)N1CC. The quantitative estimate of drug-likeness (QED) is 0.716. The molecule has 0 aromatic heterocycles. The van der Waals surface area contributed by atoms with Gasteiger partial charge < -0.3 is 14.6 Å². The maximum Gasteiger partial charge on any atom is 0.266 e. The van der Waals surface area contributed by atoms with Crippen molar-refractivity contribution in [2.75, 3.05) is 19.7 Å². The van der Waals surface area contributed by atoms with Crippen molar-refractivity contribution in [3.8, 4) is 5.75 Å². The fourth-order valence-corrected chi connectivity index (χ4v) is 3.40. The van der Waals surface area contributed by atoms with Gasteiger partial charge in [-0.3, -0.25) is 14.7 Å². The van der Waals surface area contributed by atoms with Crippen LogP contribution in [0.3, 0.4) is 0 Å². The molecule has 0 saturated carbocycles. The van der Waals surface area contributed by atoms with Gasteiger partial charge in [-0.15, -0.1) is 0 Å². The van der Waals surface area contributed by atoms with Gasteiger partial charge in [0.1, 0.15) is 12.4 Å². The average Bonchev–Trinajstić information content (AvgIpc) is 2.82. The lowest BCUT2D eigenvalue weighted by atomic mass is 10.2. The van der Waals surface area contributed by atoms with E-state index >= 15 is 0 Å². The molecule has 1 amide bonds. The summed E-state index contributed by atoms with van der Waals surface area (Å²) in [7, 11) is 0. The van der Waals surface area contributed by atoms with Crippen molar-refractivity contribution in [2.45, 2.75) is 13.8 Å². The summed E-state index contributed by atoms with van der Waals surface area (Å²) in [6.45, 7) is 4.40. The Balaban J connectivity index is 2.22. The fraction of sp³-hybridized carbons (Fsp3) is 0.312. The van der Waals surface area contributed by atoms with Crippen molar-refractivity contribution >= 4 is 46.5 Å². The summed E-state index contributed by atoms with van der Waals surface area (Å²) in [5.41, 5.74) is 0.713. The largest absolute Gasteiger partial charge is 0.546 e. The number of carbonyl (C=O) groups excluding carboxylic acids is 2. The Morgan fingerprint density at radius 2 is 2.21 bits per heavy atom. The second kappa shape index (κ2) is 8.21. The number of likely N-dealkylation sites (N-methyl/N-ethyl adjacent to an activating group) is 1. The first-order valence-electron chi connectivity index (χ1n) is 7.34. The third-order valence-corrected chi connectivity index (χ3v) is 4.44. The molecule has 0 bridgehead atoms. The summed E-state index contributed by atoms with van der Waals surface area (Å²) in [6.07, 6.45) is 1.72. The highest BCUT2D eigenvalue weighted by Gasteiger charge is 2.31. The predicted octanol–water partition coefficient (Wildman–Crippen LogP) is 1.78. The van der Waals surface area contributed by atoms with Gasteiger partial charge in [-0.25, -0.2) is 0 Å². The lowest BCUT2D eigenvalue weighted by molar-refractivity contribution is -0.307. The number of nitrogens with zero attached hydrogens (tertiary/aromatic N) is 2. The number of amides is 1. The number of amidine groups is 1. The first-order valence-corrected chi connectivity index (χ1v) is 8.53. The molecule has 0 radical (unpaired) electrons. The summed E-state index contributed by atoms with van der Waals surface area (Å²) >= 11 is 7.40. The Morgan fingerprint density at radius 1 is 1.46 bits per heavy atom. The van der Waals surface area contributed by atoms with Gasteiger partial charge in [0.05, 0.1) is 15.9 Å². The minimum Gasteiger partial charge on any atom is -0.546 e. The Labute approximate surface area is 149 Å². The van der Waals surface area contributed by atoms with E-state index in [4.69, 9.17) is 16.3 Å². The number of benzene rings is 1. The zero-order valence-corrected chi connectivity index (χ0v) is 14.8. The first kappa shape index (κ1) is 18.4. The maximum absolute atomic E-state index is 12.4. The number of aliphatic carboxylic acids is 1. The molecule has 8 heteroatoms. The Bertz CT molecular complexity index is 718. The Kier molecular flexibility index (Phi) is 6.28. The number of ether oxygens (including phenoxy) is 1. The average molecular weight is 368 g/mol. The molecular weight excluding hydrogens is 352 g/mol. The van der Waals surface area contributed by atoms with E-state index in [0.29, 0.717) is 28.7 Å². The molecule has 2 rings (SSSR count). The predicted molar refractivity (Wildman–Crippen MR) is 92.9 cm³/mol. The van der Waals surface area contributed by atoms with Gasteiger partial charge >= 0.3 is 0 Å². The molecule has 0 aliphatic carbocycles. The lowest BCUT2D eigenvalue weighted by Crippen LogP contribution is -2.29. The Hall–Kier alpha value is -1.99. The molecular formula is C16H16ClN2O4S-. The number of carbonyl (C=O) groups is 2. The molecule has 1 aromatic rings. The van der Waals surface area contributed by atoms with Crippen LogP contribution in [0.2, 0.25) is 5.02 Å². The van der Waals surface area contributed by atoms with Gasteiger partial charge in [0.15, 0.2) is 5.17 Å². The van der Waals surface area contributed by atoms with Crippen LogP contribution in [0, 0.1) is 0 Å². The number of rotatable bonds is 6. The minimum absolute atomic E-state index is 0.0944. The van der Waals surface area contributed by atoms with Crippen LogP contribution in [0.1, 0.15) is 19.4 Å². The molecule has 1 heterocycles. The van der Waals surface area contributed by atoms with Crippen molar-refractivity contribution in [1.29, 1.82) is 0 Å². The highest BCUT2D eigenvalue weighted by atomic mass is 35.5. The zero-order valence-electron chi connectivity index (χ0n) is 13.2. The molecule has 0 spiro atoms. The van der Waals surface area contributed by atoms with E-state index in [2.05, 4.69) is 4.99 Å². The van der Waals surface area contributed by atoms with E-state index in [1.54, 1.807) is 29.2 Å². The normalized spacial score (nSPS) is 17.8. The zero-order chi connectivity index (χ0) is 17.7. The number of halogens is 1. The highest BCUT2D eigenvalue weighted by molar-refractivity contribution is 8.18. The molecule has 6 nitrogen and oxygen atoms in total. The molecule has 1 fully saturated rings. The van der Waals surface area contributed by atoms with E-state index in [1.165, 1.54) is 11.8 Å². The van der Waals surface area contributed by atoms with Crippen LogP contribution in [0.5, 0.6) is 5.75 Å². The molecule has 24 heavy (non-hydrogen) atoms. The lowest BCUT2D eigenvalue weighted by Gasteiger charge is -2.11. The second-order valence-electron chi connectivity index (χ2n) is 4.77. The van der Waals surface area contributed by atoms with E-state index in [-0.39, 0.29) is 16.7 Å². The van der Waals surface area contributed by atoms with E-state index in [1.807, 2.05) is 13.8 Å². The van der Waals surface area contributed by atoms with Crippen LogP contribution in [-0.4, -0.2) is 41.6 Å². The topological polar surface area (TPSA) is 82.0 Å². The summed E-state index contributed by atoms with van der Waals surface area (Å²) in [4.78, 5) is 29.3. The minimum atomic E-state index is -1.33. The third kappa shape index (κ3) is 4.30. The second-order valence-corrected chi connectivity index (χ2v) is 6.18. The van der Waals surface area contributed by atoms with E-state index < -0.39 is 12.6 Å². The molecule has 128 valence electrons. The number of carboxylic acid groups (broad SMARTS) is 1. The van der Waals surface area contributed by atoms with Gasteiger partial charge in [0.25, 0.3) is 5.91 Å². The van der Waals surface area contributed by atoms with Crippen molar-refractivity contribution in [1.82, 2.24) is 4.90 Å². The maximum atomic E-state index is 12.4. The van der Waals surface area contributed by atoms with Crippen LogP contribution < -0.4 is 9.84 Å². The summed E-state index contributed by atoms with van der Waals surface area (Å²) in [5.74, 6) is -1.17. The van der Waals surface area contributed by atoms with Crippen LogP contribution in [0.4, 0.5) is 0 Å². The highest BCUT2D eigenvalue weighted by Crippen LogP contribution is 2.33. The van der Waals surface area contributed by atoms with Gasteiger partial charge in [-0.1, -0.05) is 17.7 Å². The molecule has 1 aromatic carbocycles. The van der Waals surface area contributed by atoms with Gasteiger partial charge in [0.2, 0.25) is 0 Å². The van der Waals surface area contributed by atoms with Gasteiger partial charge in [-0.2, -0.15) is 0 Å². The third-order valence-electron chi connectivity index (χ3n) is 3.10. The van der Waals surface area contributed by atoms with Crippen LogP contribution in [-0.2, 0) is 9.59 Å². The number of aliphatic imine (C=N–C) groups is 1. The summed E-state index contributed by atoms with van der Waals surface area (Å²) < 4.78 is 5.01. The fourth-order valence-electron chi connectivity index (χ4n) is 2.05. The van der Waals surface area contributed by atoms with Gasteiger partial charge in [0, 0.05) is 13.1 Å². The molecule has 1 aliphatic heterocycles. The van der Waals surface area contributed by atoms with Crippen molar-refractivity contribution in [3.05, 3.63) is 33.7 Å². The molecule has 0 N–H and O–H groups in total. The van der Waals surface area contributed by atoms with Crippen LogP contribution in [0.25, 0.3) is 6.08 Å². The van der Waals surface area contributed by atoms with Crippen molar-refractivity contribution in [2.24, 2.45) is 4.99 Å². The van der Waals surface area contributed by atoms with Crippen LogP contribution >= 0.6 is 23.4 Å². The standard InChI is InChI=1S/C16H17ClN2O4S/c1-3-18-16-19(4-2)15(22)13(24-16)8-10-5-6-12(11(17)7-10)23-9-14(20)21/h5-8H,3-4,9H2,1-2H3,(H,20,21)/p-1/b13-8+,18-16?. The first-order chi connectivity index (χ1) is 11.5. The number of hydrogen-bond donors (Lipinski definition) is 0. The number of hydrogen-bond acceptors (Lipinski definition) is 6. The molecule has 1 saturated heterocycles. The molecule has 0 unspecified atom stereocenters. The van der Waals surface area contributed by atoms with Crippen molar-refractivity contribution < 1.29 is 19.4 Å². The monoisotopic (exact) mass is 367 g/mol. The smallest absolute Gasteiger partial charge is 0.266 e. The molecule has 0 atom stereocenters. The van der Waals surface area contributed by atoms with E-state index in [9.17, 15) is 14.7 Å². The number of carboxylic acids is 1. The van der Waals surface area contributed by atoms with E-state index in [0.717, 1.165) is 0 Å². The van der Waals surface area contributed by atoms with Crippen LogP contribution in [0.15, 0.2) is 28.1 Å². The Morgan fingerprint density at radius 3 is 2.79 bits per heavy atom.